The summed E-state index contributed by atoms with van der Waals surface area (Å²) in [5.74, 6) is -0.430. The highest BCUT2D eigenvalue weighted by atomic mass is 35.5. The number of nitrogens with zero attached hydrogens (tertiary/aromatic N) is 1. The molecule has 8 nitrogen and oxygen atoms in total. The summed E-state index contributed by atoms with van der Waals surface area (Å²) in [5, 5.41) is 8.95. The van der Waals surface area contributed by atoms with Gasteiger partial charge in [-0.15, -0.1) is 11.3 Å². The van der Waals surface area contributed by atoms with Gasteiger partial charge in [0, 0.05) is 30.5 Å². The van der Waals surface area contributed by atoms with E-state index < -0.39 is 6.04 Å². The normalized spacial score (nSPS) is 21.5. The maximum atomic E-state index is 12.6. The third-order valence-electron chi connectivity index (χ3n) is 5.01. The van der Waals surface area contributed by atoms with Crippen molar-refractivity contribution in [3.63, 3.8) is 0 Å². The summed E-state index contributed by atoms with van der Waals surface area (Å²) < 4.78 is 5.70. The molecule has 1 aromatic carbocycles. The van der Waals surface area contributed by atoms with E-state index in [0.29, 0.717) is 41.0 Å². The Morgan fingerprint density at radius 2 is 2.00 bits per heavy atom. The number of morpholine rings is 1. The lowest BCUT2D eigenvalue weighted by molar-refractivity contribution is -0.125. The Kier molecular flexibility index (Phi) is 6.33. The molecule has 2 aromatic rings. The Labute approximate surface area is 182 Å². The van der Waals surface area contributed by atoms with Crippen molar-refractivity contribution in [3.05, 3.63) is 45.6 Å². The Morgan fingerprint density at radius 3 is 2.70 bits per heavy atom. The fourth-order valence-electron chi connectivity index (χ4n) is 3.48. The van der Waals surface area contributed by atoms with Crippen molar-refractivity contribution in [2.45, 2.75) is 18.5 Å². The van der Waals surface area contributed by atoms with E-state index in [-0.39, 0.29) is 30.4 Å². The van der Waals surface area contributed by atoms with Gasteiger partial charge in [-0.05, 0) is 42.8 Å². The molecule has 2 aliphatic heterocycles. The van der Waals surface area contributed by atoms with Gasteiger partial charge in [-0.2, -0.15) is 0 Å². The summed E-state index contributed by atoms with van der Waals surface area (Å²) in [6.07, 6.45) is 0.497. The van der Waals surface area contributed by atoms with Gasteiger partial charge in [0.25, 0.3) is 11.8 Å². The molecule has 1 unspecified atom stereocenters. The molecule has 2 fully saturated rings. The van der Waals surface area contributed by atoms with Crippen molar-refractivity contribution in [2.24, 2.45) is 0 Å². The minimum Gasteiger partial charge on any atom is -0.370 e. The lowest BCUT2D eigenvalue weighted by Gasteiger charge is -2.27. The molecule has 0 bridgehead atoms. The summed E-state index contributed by atoms with van der Waals surface area (Å²) in [6.45, 7) is 1.63. The molecule has 1 aromatic heterocycles. The highest BCUT2D eigenvalue weighted by Gasteiger charge is 2.31. The van der Waals surface area contributed by atoms with Crippen molar-refractivity contribution in [3.8, 4) is 0 Å². The molecule has 3 heterocycles. The van der Waals surface area contributed by atoms with Crippen LogP contribution in [0.25, 0.3) is 0 Å². The van der Waals surface area contributed by atoms with E-state index in [4.69, 9.17) is 16.3 Å². The lowest BCUT2D eigenvalue weighted by Crippen LogP contribution is -2.41. The maximum Gasteiger partial charge on any atom is 0.261 e. The molecule has 158 valence electrons. The van der Waals surface area contributed by atoms with E-state index in [1.807, 2.05) is 0 Å². The predicted octanol–water partition coefficient (Wildman–Crippen LogP) is 1.86. The second-order valence-electron chi connectivity index (χ2n) is 7.10. The van der Waals surface area contributed by atoms with Crippen LogP contribution in [0.1, 0.15) is 16.1 Å². The maximum absolute atomic E-state index is 12.6. The number of carbonyl (C=O) groups excluding carboxylic acids is 3. The molecule has 4 rings (SSSR count). The zero-order valence-electron chi connectivity index (χ0n) is 16.0. The van der Waals surface area contributed by atoms with Crippen LogP contribution in [-0.2, 0) is 14.3 Å². The molecule has 3 amide bonds. The summed E-state index contributed by atoms with van der Waals surface area (Å²) >= 11 is 7.09. The van der Waals surface area contributed by atoms with Gasteiger partial charge in [0.1, 0.15) is 6.61 Å². The van der Waals surface area contributed by atoms with Crippen LogP contribution in [0.3, 0.4) is 0 Å². The average Bonchev–Trinajstić information content (AvgIpc) is 3.38. The van der Waals surface area contributed by atoms with Gasteiger partial charge >= 0.3 is 0 Å². The second-order valence-corrected chi connectivity index (χ2v) is 8.82. The minimum atomic E-state index is -0.400. The van der Waals surface area contributed by atoms with Crippen molar-refractivity contribution in [1.82, 2.24) is 10.6 Å². The van der Waals surface area contributed by atoms with Crippen LogP contribution in [0, 0.1) is 0 Å². The minimum absolute atomic E-state index is 0.0777. The fraction of sp³-hybridized carbons (Fsp3) is 0.350. The topological polar surface area (TPSA) is 99.8 Å². The molecule has 0 radical (unpaired) electrons. The highest BCUT2D eigenvalue weighted by molar-refractivity contribution is 7.18. The number of halogens is 1. The largest absolute Gasteiger partial charge is 0.370 e. The highest BCUT2D eigenvalue weighted by Crippen LogP contribution is 2.22. The SMILES string of the molecule is O=C(NC1CN[C@H](C(=O)Nc2ccc(N3CCOCC3=O)cc2)C1)c1ccc(Cl)s1. The van der Waals surface area contributed by atoms with Gasteiger partial charge < -0.3 is 25.6 Å². The number of benzene rings is 1. The van der Waals surface area contributed by atoms with Gasteiger partial charge in [0.2, 0.25) is 5.91 Å². The monoisotopic (exact) mass is 448 g/mol. The van der Waals surface area contributed by atoms with Gasteiger partial charge in [-0.25, -0.2) is 0 Å². The van der Waals surface area contributed by atoms with E-state index in [1.165, 1.54) is 11.3 Å². The molecule has 0 aliphatic carbocycles. The first-order valence-corrected chi connectivity index (χ1v) is 10.8. The number of anilines is 2. The Balaban J connectivity index is 1.29. The number of hydrogen-bond donors (Lipinski definition) is 3. The van der Waals surface area contributed by atoms with E-state index in [9.17, 15) is 14.4 Å². The first-order chi connectivity index (χ1) is 14.5. The van der Waals surface area contributed by atoms with Crippen LogP contribution >= 0.6 is 22.9 Å². The van der Waals surface area contributed by atoms with Crippen molar-refractivity contribution in [2.75, 3.05) is 36.5 Å². The van der Waals surface area contributed by atoms with Gasteiger partial charge in [0.05, 0.1) is 21.9 Å². The van der Waals surface area contributed by atoms with Gasteiger partial charge in [-0.1, -0.05) is 11.6 Å². The number of carbonyl (C=O) groups is 3. The third kappa shape index (κ3) is 4.81. The molecule has 30 heavy (non-hydrogen) atoms. The molecular formula is C20H21ClN4O4S. The number of hydrogen-bond acceptors (Lipinski definition) is 6. The summed E-state index contributed by atoms with van der Waals surface area (Å²) in [6, 6.07) is 9.97. The van der Waals surface area contributed by atoms with Gasteiger partial charge in [-0.3, -0.25) is 14.4 Å². The van der Waals surface area contributed by atoms with Crippen LogP contribution < -0.4 is 20.9 Å². The smallest absolute Gasteiger partial charge is 0.261 e. The average molecular weight is 449 g/mol. The van der Waals surface area contributed by atoms with Crippen molar-refractivity contribution in [1.29, 1.82) is 0 Å². The molecule has 2 atom stereocenters. The van der Waals surface area contributed by atoms with Crippen LogP contribution in [-0.4, -0.2) is 56.1 Å². The number of nitrogens with one attached hydrogen (secondary N) is 3. The molecule has 10 heteroatoms. The van der Waals surface area contributed by atoms with Crippen molar-refractivity contribution >= 4 is 52.0 Å². The first kappa shape index (κ1) is 20.8. The van der Waals surface area contributed by atoms with E-state index in [2.05, 4.69) is 16.0 Å². The molecule has 2 aliphatic rings. The van der Waals surface area contributed by atoms with Crippen LogP contribution in [0.15, 0.2) is 36.4 Å². The zero-order valence-corrected chi connectivity index (χ0v) is 17.6. The number of rotatable bonds is 5. The summed E-state index contributed by atoms with van der Waals surface area (Å²) in [5.41, 5.74) is 1.42. The lowest BCUT2D eigenvalue weighted by atomic mass is 10.1. The van der Waals surface area contributed by atoms with Crippen LogP contribution in [0.5, 0.6) is 0 Å². The molecule has 3 N–H and O–H groups in total. The number of ether oxygens (including phenoxy) is 1. The molecule has 0 spiro atoms. The summed E-state index contributed by atoms with van der Waals surface area (Å²) in [4.78, 5) is 39.0. The summed E-state index contributed by atoms with van der Waals surface area (Å²) in [7, 11) is 0. The number of thiophene rings is 1. The second kappa shape index (κ2) is 9.13. The molecular weight excluding hydrogens is 428 g/mol. The Morgan fingerprint density at radius 1 is 1.20 bits per heavy atom. The van der Waals surface area contributed by atoms with Crippen LogP contribution in [0.4, 0.5) is 11.4 Å². The Bertz CT molecular complexity index is 949. The zero-order chi connectivity index (χ0) is 21.1. The van der Waals surface area contributed by atoms with Crippen LogP contribution in [0.2, 0.25) is 4.34 Å². The standard InChI is InChI=1S/C20H21ClN4O4S/c21-17-6-5-16(30-17)20(28)24-13-9-15(22-10-13)19(27)23-12-1-3-14(4-2-12)25-7-8-29-11-18(25)26/h1-6,13,15,22H,7-11H2,(H,23,27)(H,24,28)/t13?,15-/m0/s1. The third-order valence-corrected chi connectivity index (χ3v) is 6.24. The number of amides is 3. The van der Waals surface area contributed by atoms with E-state index in [1.54, 1.807) is 41.3 Å². The molecule has 2 saturated heterocycles. The fourth-order valence-corrected chi connectivity index (χ4v) is 4.43. The van der Waals surface area contributed by atoms with Gasteiger partial charge in [0.15, 0.2) is 0 Å². The van der Waals surface area contributed by atoms with Crippen molar-refractivity contribution < 1.29 is 19.1 Å². The van der Waals surface area contributed by atoms with E-state index in [0.717, 1.165) is 5.69 Å². The quantitative estimate of drug-likeness (QED) is 0.648. The van der Waals surface area contributed by atoms with E-state index >= 15 is 0 Å². The molecule has 0 saturated carbocycles. The Hall–Kier alpha value is -2.46. The first-order valence-electron chi connectivity index (χ1n) is 9.58. The predicted molar refractivity (Wildman–Crippen MR) is 115 cm³/mol.